The number of carbonyl (C=O) groups excluding carboxylic acids is 2. The Hall–Kier alpha value is -1.10. The third kappa shape index (κ3) is 2.70. The topological polar surface area (TPSA) is 81.4 Å². The Morgan fingerprint density at radius 1 is 1.50 bits per heavy atom. The number of nitrogens with one attached hydrogen (secondary N) is 1. The number of hydrogen-bond acceptors (Lipinski definition) is 4. The molecule has 80 valence electrons. The number of piperidine rings is 1. The quantitative estimate of drug-likeness (QED) is 0.596. The molecular weight excluding hydrogens is 184 g/mol. The van der Waals surface area contributed by atoms with Crippen molar-refractivity contribution in [3.8, 4) is 0 Å². The SMILES string of the molecule is CCOC(=O)C1CCC(C(N)=O)CN1. The maximum absolute atomic E-state index is 11.3. The van der Waals surface area contributed by atoms with E-state index in [-0.39, 0.29) is 23.8 Å². The van der Waals surface area contributed by atoms with Gasteiger partial charge in [0.25, 0.3) is 0 Å². The lowest BCUT2D eigenvalue weighted by Crippen LogP contribution is -2.47. The van der Waals surface area contributed by atoms with E-state index >= 15 is 0 Å². The Morgan fingerprint density at radius 3 is 2.64 bits per heavy atom. The van der Waals surface area contributed by atoms with Gasteiger partial charge in [-0.15, -0.1) is 0 Å². The summed E-state index contributed by atoms with van der Waals surface area (Å²) >= 11 is 0. The first-order valence-corrected chi connectivity index (χ1v) is 4.84. The molecule has 1 saturated heterocycles. The summed E-state index contributed by atoms with van der Waals surface area (Å²) in [5.74, 6) is -0.698. The number of nitrogens with two attached hydrogens (primary N) is 1. The summed E-state index contributed by atoms with van der Waals surface area (Å²) in [5.41, 5.74) is 5.15. The third-order valence-corrected chi connectivity index (χ3v) is 2.39. The Bertz CT molecular complexity index is 222. The van der Waals surface area contributed by atoms with Crippen molar-refractivity contribution in [1.82, 2.24) is 5.32 Å². The molecule has 1 rings (SSSR count). The van der Waals surface area contributed by atoms with E-state index in [2.05, 4.69) is 5.32 Å². The lowest BCUT2D eigenvalue weighted by Gasteiger charge is -2.26. The molecule has 0 spiro atoms. The molecule has 1 aliphatic rings. The molecule has 1 heterocycles. The van der Waals surface area contributed by atoms with Crippen LogP contribution in [0, 0.1) is 5.92 Å². The summed E-state index contributed by atoms with van der Waals surface area (Å²) in [5, 5.41) is 2.96. The second kappa shape index (κ2) is 4.95. The van der Waals surface area contributed by atoms with E-state index in [1.807, 2.05) is 0 Å². The van der Waals surface area contributed by atoms with Crippen LogP contribution in [0.5, 0.6) is 0 Å². The molecule has 0 radical (unpaired) electrons. The van der Waals surface area contributed by atoms with Crippen molar-refractivity contribution in [2.24, 2.45) is 11.7 Å². The van der Waals surface area contributed by atoms with Crippen LogP contribution in [-0.2, 0) is 14.3 Å². The molecule has 0 aromatic rings. The minimum absolute atomic E-state index is 0.152. The van der Waals surface area contributed by atoms with E-state index in [9.17, 15) is 9.59 Å². The first-order chi connectivity index (χ1) is 6.65. The van der Waals surface area contributed by atoms with Crippen LogP contribution >= 0.6 is 0 Å². The standard InChI is InChI=1S/C9H16N2O3/c1-2-14-9(13)7-4-3-6(5-11-7)8(10)12/h6-7,11H,2-5H2,1H3,(H2,10,12). The van der Waals surface area contributed by atoms with Crippen molar-refractivity contribution in [3.05, 3.63) is 0 Å². The van der Waals surface area contributed by atoms with Gasteiger partial charge in [-0.3, -0.25) is 9.59 Å². The van der Waals surface area contributed by atoms with Crippen molar-refractivity contribution in [3.63, 3.8) is 0 Å². The second-order valence-electron chi connectivity index (χ2n) is 3.39. The molecule has 5 heteroatoms. The number of ether oxygens (including phenoxy) is 1. The van der Waals surface area contributed by atoms with Crippen LogP contribution in [0.1, 0.15) is 19.8 Å². The van der Waals surface area contributed by atoms with Gasteiger partial charge in [0.15, 0.2) is 0 Å². The molecular formula is C9H16N2O3. The fraction of sp³-hybridized carbons (Fsp3) is 0.778. The Morgan fingerprint density at radius 2 is 2.21 bits per heavy atom. The number of primary amides is 1. The molecule has 1 aliphatic heterocycles. The maximum Gasteiger partial charge on any atom is 0.323 e. The van der Waals surface area contributed by atoms with Gasteiger partial charge >= 0.3 is 5.97 Å². The van der Waals surface area contributed by atoms with E-state index in [0.717, 1.165) is 0 Å². The van der Waals surface area contributed by atoms with Gasteiger partial charge in [0.2, 0.25) is 5.91 Å². The van der Waals surface area contributed by atoms with E-state index in [1.54, 1.807) is 6.92 Å². The Balaban J connectivity index is 2.35. The summed E-state index contributed by atoms with van der Waals surface area (Å²) in [7, 11) is 0. The first-order valence-electron chi connectivity index (χ1n) is 4.84. The third-order valence-electron chi connectivity index (χ3n) is 2.39. The molecule has 14 heavy (non-hydrogen) atoms. The highest BCUT2D eigenvalue weighted by molar-refractivity contribution is 5.79. The normalized spacial score (nSPS) is 26.9. The van der Waals surface area contributed by atoms with Crippen molar-refractivity contribution >= 4 is 11.9 Å². The summed E-state index contributed by atoms with van der Waals surface area (Å²) in [6.07, 6.45) is 1.28. The molecule has 0 aliphatic carbocycles. The molecule has 3 N–H and O–H groups in total. The molecule has 0 aromatic carbocycles. The summed E-state index contributed by atoms with van der Waals surface area (Å²) in [6, 6.07) is -0.273. The Labute approximate surface area is 83.0 Å². The number of hydrogen-bond donors (Lipinski definition) is 2. The van der Waals surface area contributed by atoms with Crippen molar-refractivity contribution < 1.29 is 14.3 Å². The van der Waals surface area contributed by atoms with Crippen LogP contribution in [0.4, 0.5) is 0 Å². The summed E-state index contributed by atoms with van der Waals surface area (Å²) in [6.45, 7) is 2.63. The number of carbonyl (C=O) groups is 2. The van der Waals surface area contributed by atoms with Gasteiger partial charge in [-0.2, -0.15) is 0 Å². The highest BCUT2D eigenvalue weighted by Crippen LogP contribution is 2.14. The van der Waals surface area contributed by atoms with Gasteiger partial charge in [0.05, 0.1) is 12.5 Å². The minimum atomic E-state index is -0.306. The van der Waals surface area contributed by atoms with Crippen LogP contribution < -0.4 is 11.1 Å². The number of amides is 1. The molecule has 1 fully saturated rings. The van der Waals surface area contributed by atoms with E-state index in [1.165, 1.54) is 0 Å². The van der Waals surface area contributed by atoms with E-state index in [0.29, 0.717) is 26.0 Å². The van der Waals surface area contributed by atoms with E-state index in [4.69, 9.17) is 10.5 Å². The van der Waals surface area contributed by atoms with Crippen molar-refractivity contribution in [1.29, 1.82) is 0 Å². The Kier molecular flexibility index (Phi) is 3.88. The zero-order chi connectivity index (χ0) is 10.6. The zero-order valence-electron chi connectivity index (χ0n) is 8.29. The van der Waals surface area contributed by atoms with Gasteiger partial charge in [-0.1, -0.05) is 0 Å². The fourth-order valence-electron chi connectivity index (χ4n) is 1.54. The fourth-order valence-corrected chi connectivity index (χ4v) is 1.54. The summed E-state index contributed by atoms with van der Waals surface area (Å²) < 4.78 is 4.86. The monoisotopic (exact) mass is 200 g/mol. The van der Waals surface area contributed by atoms with Crippen molar-refractivity contribution in [2.45, 2.75) is 25.8 Å². The first kappa shape index (κ1) is 11.0. The molecule has 2 atom stereocenters. The highest BCUT2D eigenvalue weighted by Gasteiger charge is 2.28. The molecule has 0 bridgehead atoms. The smallest absolute Gasteiger partial charge is 0.323 e. The van der Waals surface area contributed by atoms with Gasteiger partial charge in [0, 0.05) is 6.54 Å². The lowest BCUT2D eigenvalue weighted by atomic mass is 9.94. The van der Waals surface area contributed by atoms with Gasteiger partial charge in [-0.05, 0) is 19.8 Å². The lowest BCUT2D eigenvalue weighted by molar-refractivity contribution is -0.147. The van der Waals surface area contributed by atoms with Crippen LogP contribution in [0.15, 0.2) is 0 Å². The highest BCUT2D eigenvalue weighted by atomic mass is 16.5. The van der Waals surface area contributed by atoms with Crippen LogP contribution in [0.3, 0.4) is 0 Å². The average molecular weight is 200 g/mol. The maximum atomic E-state index is 11.3. The average Bonchev–Trinajstić information content (AvgIpc) is 2.18. The second-order valence-corrected chi connectivity index (χ2v) is 3.39. The van der Waals surface area contributed by atoms with Crippen LogP contribution in [0.25, 0.3) is 0 Å². The predicted molar refractivity (Wildman–Crippen MR) is 50.3 cm³/mol. The minimum Gasteiger partial charge on any atom is -0.465 e. The van der Waals surface area contributed by atoms with Crippen LogP contribution in [-0.4, -0.2) is 31.1 Å². The number of rotatable bonds is 3. The van der Waals surface area contributed by atoms with Gasteiger partial charge in [0.1, 0.15) is 6.04 Å². The number of esters is 1. The van der Waals surface area contributed by atoms with Gasteiger partial charge < -0.3 is 15.8 Å². The van der Waals surface area contributed by atoms with Crippen molar-refractivity contribution in [2.75, 3.05) is 13.2 Å². The molecule has 2 unspecified atom stereocenters. The van der Waals surface area contributed by atoms with E-state index < -0.39 is 0 Å². The molecule has 5 nitrogen and oxygen atoms in total. The van der Waals surface area contributed by atoms with Gasteiger partial charge in [-0.25, -0.2) is 0 Å². The summed E-state index contributed by atoms with van der Waals surface area (Å²) in [4.78, 5) is 22.1. The molecule has 1 amide bonds. The zero-order valence-corrected chi connectivity index (χ0v) is 8.29. The van der Waals surface area contributed by atoms with Crippen LogP contribution in [0.2, 0.25) is 0 Å². The molecule has 0 aromatic heterocycles. The predicted octanol–water partition coefficient (Wildman–Crippen LogP) is -0.597. The largest absolute Gasteiger partial charge is 0.465 e. The molecule has 0 saturated carbocycles.